The van der Waals surface area contributed by atoms with E-state index in [2.05, 4.69) is 4.98 Å². The maximum absolute atomic E-state index is 12.5. The van der Waals surface area contributed by atoms with E-state index < -0.39 is 11.2 Å². The number of oxazole rings is 1. The molecule has 0 bridgehead atoms. The molecule has 8 heteroatoms. The van der Waals surface area contributed by atoms with E-state index in [0.717, 1.165) is 22.3 Å². The Labute approximate surface area is 140 Å². The van der Waals surface area contributed by atoms with E-state index in [1.807, 2.05) is 23.6 Å². The van der Waals surface area contributed by atoms with Gasteiger partial charge in [-0.05, 0) is 24.3 Å². The molecule has 1 saturated carbocycles. The summed E-state index contributed by atoms with van der Waals surface area (Å²) in [7, 11) is 0. The summed E-state index contributed by atoms with van der Waals surface area (Å²) in [6, 6.07) is 5.73. The molecule has 0 aromatic carbocycles. The van der Waals surface area contributed by atoms with Gasteiger partial charge in [-0.15, -0.1) is 11.3 Å². The van der Waals surface area contributed by atoms with E-state index in [0.29, 0.717) is 5.76 Å². The molecule has 0 radical (unpaired) electrons. The lowest BCUT2D eigenvalue weighted by atomic mass is 10.3. The van der Waals surface area contributed by atoms with Gasteiger partial charge in [-0.2, -0.15) is 5.26 Å². The quantitative estimate of drug-likeness (QED) is 0.724. The number of aromatic nitrogens is 3. The van der Waals surface area contributed by atoms with Gasteiger partial charge in [-0.25, -0.2) is 14.3 Å². The fraction of sp³-hybridized carbons (Fsp3) is 0.250. The van der Waals surface area contributed by atoms with Crippen LogP contribution in [0.5, 0.6) is 0 Å². The van der Waals surface area contributed by atoms with Crippen molar-refractivity contribution in [2.45, 2.75) is 25.4 Å². The topological polar surface area (TPSA) is 93.8 Å². The van der Waals surface area contributed by atoms with Gasteiger partial charge in [-0.1, -0.05) is 6.07 Å². The van der Waals surface area contributed by atoms with Gasteiger partial charge in [0.15, 0.2) is 5.76 Å². The third kappa shape index (κ3) is 2.49. The normalized spacial score (nSPS) is 13.8. The summed E-state index contributed by atoms with van der Waals surface area (Å²) in [5.41, 5.74) is -1.10. The second-order valence-corrected chi connectivity index (χ2v) is 6.51. The van der Waals surface area contributed by atoms with Crippen LogP contribution in [0.1, 0.15) is 30.3 Å². The summed E-state index contributed by atoms with van der Waals surface area (Å²) in [4.78, 5) is 29.9. The smallest absolute Gasteiger partial charge is 0.331 e. The van der Waals surface area contributed by atoms with Crippen LogP contribution in [-0.2, 0) is 6.54 Å². The third-order valence-corrected chi connectivity index (χ3v) is 4.75. The minimum absolute atomic E-state index is 0.0495. The first-order chi connectivity index (χ1) is 11.7. The zero-order chi connectivity index (χ0) is 16.7. The van der Waals surface area contributed by atoms with Gasteiger partial charge in [-0.3, -0.25) is 9.36 Å². The molecule has 3 heterocycles. The fourth-order valence-corrected chi connectivity index (χ4v) is 3.17. The first-order valence-corrected chi connectivity index (χ1v) is 8.30. The molecule has 120 valence electrons. The predicted octanol–water partition coefficient (Wildman–Crippen LogP) is 1.98. The molecule has 0 atom stereocenters. The van der Waals surface area contributed by atoms with Crippen molar-refractivity contribution in [2.24, 2.45) is 0 Å². The summed E-state index contributed by atoms with van der Waals surface area (Å²) < 4.78 is 8.12. The minimum Gasteiger partial charge on any atom is -0.438 e. The van der Waals surface area contributed by atoms with Gasteiger partial charge in [0.05, 0.1) is 11.1 Å². The second kappa shape index (κ2) is 5.62. The predicted molar refractivity (Wildman–Crippen MR) is 86.9 cm³/mol. The Morgan fingerprint density at radius 1 is 1.42 bits per heavy atom. The van der Waals surface area contributed by atoms with E-state index in [9.17, 15) is 9.59 Å². The molecular weight excluding hydrogens is 328 g/mol. The highest BCUT2D eigenvalue weighted by Crippen LogP contribution is 2.33. The average molecular weight is 340 g/mol. The number of nitriles is 1. The Hall–Kier alpha value is -2.92. The van der Waals surface area contributed by atoms with Crippen molar-refractivity contribution in [3.05, 3.63) is 62.2 Å². The SMILES string of the molecule is N#Cc1cn(C2CC2)c(=O)n(Cc2ncc(-c3cccs3)o2)c1=O. The standard InChI is InChI=1S/C16H12N4O3S/c17-6-10-8-19(11-3-4-11)16(22)20(15(10)21)9-14-18-7-12(23-14)13-2-1-5-24-13/h1-2,5,7-8,11H,3-4,9H2. The molecular formula is C16H12N4O3S. The molecule has 0 amide bonds. The lowest BCUT2D eigenvalue weighted by molar-refractivity contribution is 0.468. The van der Waals surface area contributed by atoms with Crippen LogP contribution in [0, 0.1) is 11.3 Å². The van der Waals surface area contributed by atoms with Crippen molar-refractivity contribution in [2.75, 3.05) is 0 Å². The highest BCUT2D eigenvalue weighted by molar-refractivity contribution is 7.13. The molecule has 0 spiro atoms. The van der Waals surface area contributed by atoms with Gasteiger partial charge in [0.2, 0.25) is 5.89 Å². The van der Waals surface area contributed by atoms with Crippen molar-refractivity contribution >= 4 is 11.3 Å². The van der Waals surface area contributed by atoms with Crippen molar-refractivity contribution in [1.82, 2.24) is 14.1 Å². The summed E-state index contributed by atoms with van der Waals surface area (Å²) in [5, 5.41) is 11.1. The zero-order valence-electron chi connectivity index (χ0n) is 12.5. The Morgan fingerprint density at radius 3 is 2.92 bits per heavy atom. The monoisotopic (exact) mass is 340 g/mol. The molecule has 24 heavy (non-hydrogen) atoms. The molecule has 1 fully saturated rings. The molecule has 1 aliphatic rings. The molecule has 0 N–H and O–H groups in total. The first kappa shape index (κ1) is 14.7. The molecule has 3 aromatic heterocycles. The number of thiophene rings is 1. The van der Waals surface area contributed by atoms with Crippen molar-refractivity contribution in [3.8, 4) is 16.7 Å². The lowest BCUT2D eigenvalue weighted by Gasteiger charge is -2.08. The van der Waals surface area contributed by atoms with E-state index in [4.69, 9.17) is 9.68 Å². The summed E-state index contributed by atoms with van der Waals surface area (Å²) in [5.74, 6) is 0.849. The molecule has 3 aromatic rings. The van der Waals surface area contributed by atoms with Crippen LogP contribution in [-0.4, -0.2) is 14.1 Å². The number of hydrogen-bond donors (Lipinski definition) is 0. The van der Waals surface area contributed by atoms with E-state index in [1.165, 1.54) is 22.1 Å². The molecule has 1 aliphatic carbocycles. The minimum atomic E-state index is -0.615. The van der Waals surface area contributed by atoms with Gasteiger partial charge in [0.1, 0.15) is 18.2 Å². The maximum atomic E-state index is 12.5. The molecule has 7 nitrogen and oxygen atoms in total. The fourth-order valence-electron chi connectivity index (χ4n) is 2.50. The van der Waals surface area contributed by atoms with Crippen LogP contribution in [0.2, 0.25) is 0 Å². The molecule has 0 saturated heterocycles. The maximum Gasteiger partial charge on any atom is 0.331 e. The van der Waals surface area contributed by atoms with Gasteiger partial charge in [0, 0.05) is 12.2 Å². The van der Waals surface area contributed by atoms with Crippen LogP contribution in [0.4, 0.5) is 0 Å². The summed E-state index contributed by atoms with van der Waals surface area (Å²) in [6.45, 7) is -0.0920. The van der Waals surface area contributed by atoms with Crippen LogP contribution in [0.15, 0.2) is 43.9 Å². The highest BCUT2D eigenvalue weighted by Gasteiger charge is 2.27. The number of rotatable bonds is 4. The van der Waals surface area contributed by atoms with Crippen LogP contribution in [0.3, 0.4) is 0 Å². The largest absolute Gasteiger partial charge is 0.438 e. The van der Waals surface area contributed by atoms with E-state index in [-0.39, 0.29) is 24.0 Å². The van der Waals surface area contributed by atoms with Crippen LogP contribution in [0.25, 0.3) is 10.6 Å². The lowest BCUT2D eigenvalue weighted by Crippen LogP contribution is -2.41. The van der Waals surface area contributed by atoms with E-state index >= 15 is 0 Å². The zero-order valence-corrected chi connectivity index (χ0v) is 13.3. The first-order valence-electron chi connectivity index (χ1n) is 7.42. The number of hydrogen-bond acceptors (Lipinski definition) is 6. The highest BCUT2D eigenvalue weighted by atomic mass is 32.1. The Bertz CT molecular complexity index is 1050. The van der Waals surface area contributed by atoms with Crippen molar-refractivity contribution in [1.29, 1.82) is 5.26 Å². The van der Waals surface area contributed by atoms with Gasteiger partial charge in [0.25, 0.3) is 5.56 Å². The summed E-state index contributed by atoms with van der Waals surface area (Å²) in [6.07, 6.45) is 4.68. The van der Waals surface area contributed by atoms with Crippen molar-refractivity contribution < 1.29 is 4.42 Å². The molecule has 0 unspecified atom stereocenters. The number of nitrogens with zero attached hydrogens (tertiary/aromatic N) is 4. The Kier molecular flexibility index (Phi) is 3.43. The Balaban J connectivity index is 1.75. The Morgan fingerprint density at radius 2 is 2.25 bits per heavy atom. The average Bonchev–Trinajstić information content (AvgIpc) is 3.09. The molecule has 4 rings (SSSR count). The van der Waals surface area contributed by atoms with Gasteiger partial charge >= 0.3 is 5.69 Å². The van der Waals surface area contributed by atoms with Crippen molar-refractivity contribution in [3.63, 3.8) is 0 Å². The summed E-state index contributed by atoms with van der Waals surface area (Å²) >= 11 is 1.51. The third-order valence-electron chi connectivity index (χ3n) is 3.87. The van der Waals surface area contributed by atoms with Crippen LogP contribution < -0.4 is 11.2 Å². The van der Waals surface area contributed by atoms with E-state index in [1.54, 1.807) is 6.20 Å². The molecule has 0 aliphatic heterocycles. The van der Waals surface area contributed by atoms with Gasteiger partial charge < -0.3 is 4.42 Å². The second-order valence-electron chi connectivity index (χ2n) is 5.56. The van der Waals surface area contributed by atoms with Crippen LogP contribution >= 0.6 is 11.3 Å².